The molecule has 0 aromatic carbocycles. The monoisotopic (exact) mass is 278 g/mol. The number of anilines is 1. The molecule has 0 aliphatic carbocycles. The maximum Gasteiger partial charge on any atom is 0.146 e. The highest BCUT2D eigenvalue weighted by Gasteiger charge is 2.08. The molecule has 1 aromatic heterocycles. The van der Waals surface area contributed by atoms with Crippen LogP contribution in [0.4, 0.5) is 5.82 Å². The fourth-order valence-corrected chi connectivity index (χ4v) is 2.46. The lowest BCUT2D eigenvalue weighted by atomic mass is 10.4. The summed E-state index contributed by atoms with van der Waals surface area (Å²) in [6.45, 7) is 5.10. The summed E-state index contributed by atoms with van der Waals surface area (Å²) in [4.78, 5) is 4.43. The second-order valence-corrected chi connectivity index (χ2v) is 5.28. The van der Waals surface area contributed by atoms with Gasteiger partial charge < -0.3 is 5.32 Å². The first-order valence-corrected chi connectivity index (χ1v) is 7.15. The molecule has 0 saturated carbocycles. The van der Waals surface area contributed by atoms with Crippen LogP contribution in [0.15, 0.2) is 11.1 Å². The Morgan fingerprint density at radius 2 is 2.00 bits per heavy atom. The molecule has 0 unspecified atom stereocenters. The molecule has 0 spiro atoms. The SMILES string of the molecule is CCCNc1nc(SCCC)c(Cl)cc1Cl. The summed E-state index contributed by atoms with van der Waals surface area (Å²) in [5.41, 5.74) is 0. The van der Waals surface area contributed by atoms with Gasteiger partial charge in [-0.25, -0.2) is 4.98 Å². The second kappa shape index (κ2) is 7.25. The van der Waals surface area contributed by atoms with E-state index < -0.39 is 0 Å². The molecule has 0 amide bonds. The van der Waals surface area contributed by atoms with Crippen LogP contribution in [0.5, 0.6) is 0 Å². The molecule has 0 bridgehead atoms. The fraction of sp³-hybridized carbons (Fsp3) is 0.545. The van der Waals surface area contributed by atoms with E-state index in [2.05, 4.69) is 24.1 Å². The van der Waals surface area contributed by atoms with Gasteiger partial charge in [-0.1, -0.05) is 37.0 Å². The molecule has 16 heavy (non-hydrogen) atoms. The van der Waals surface area contributed by atoms with Crippen LogP contribution < -0.4 is 5.32 Å². The Hall–Kier alpha value is -0.120. The smallest absolute Gasteiger partial charge is 0.146 e. The van der Waals surface area contributed by atoms with E-state index in [9.17, 15) is 0 Å². The van der Waals surface area contributed by atoms with E-state index in [1.807, 2.05) is 0 Å². The van der Waals surface area contributed by atoms with Crippen LogP contribution in [-0.2, 0) is 0 Å². The number of pyridine rings is 1. The second-order valence-electron chi connectivity index (χ2n) is 3.38. The normalized spacial score (nSPS) is 10.5. The number of halogens is 2. The van der Waals surface area contributed by atoms with E-state index >= 15 is 0 Å². The molecule has 0 aliphatic rings. The topological polar surface area (TPSA) is 24.9 Å². The van der Waals surface area contributed by atoms with Crippen LogP contribution in [-0.4, -0.2) is 17.3 Å². The molecule has 90 valence electrons. The Kier molecular flexibility index (Phi) is 6.32. The summed E-state index contributed by atoms with van der Waals surface area (Å²) in [6, 6.07) is 1.76. The molecule has 0 fully saturated rings. The molecule has 2 nitrogen and oxygen atoms in total. The molecule has 1 aromatic rings. The van der Waals surface area contributed by atoms with Crippen molar-refractivity contribution in [2.24, 2.45) is 0 Å². The van der Waals surface area contributed by atoms with Crippen molar-refractivity contribution in [3.05, 3.63) is 16.1 Å². The molecular formula is C11H16Cl2N2S. The maximum atomic E-state index is 6.08. The summed E-state index contributed by atoms with van der Waals surface area (Å²) in [7, 11) is 0. The van der Waals surface area contributed by atoms with Crippen LogP contribution >= 0.6 is 35.0 Å². The van der Waals surface area contributed by atoms with Gasteiger partial charge in [0, 0.05) is 6.54 Å². The van der Waals surface area contributed by atoms with Gasteiger partial charge in [-0.15, -0.1) is 11.8 Å². The highest BCUT2D eigenvalue weighted by Crippen LogP contribution is 2.32. The van der Waals surface area contributed by atoms with Crippen molar-refractivity contribution in [2.75, 3.05) is 17.6 Å². The third-order valence-electron chi connectivity index (χ3n) is 1.88. The van der Waals surface area contributed by atoms with Crippen molar-refractivity contribution in [1.82, 2.24) is 4.98 Å². The van der Waals surface area contributed by atoms with Crippen LogP contribution in [0.2, 0.25) is 10.0 Å². The zero-order chi connectivity index (χ0) is 12.0. The van der Waals surface area contributed by atoms with Gasteiger partial charge in [-0.2, -0.15) is 0 Å². The Balaban J connectivity index is 2.83. The number of thioether (sulfide) groups is 1. The first-order valence-electron chi connectivity index (χ1n) is 5.41. The van der Waals surface area contributed by atoms with Gasteiger partial charge >= 0.3 is 0 Å². The quantitative estimate of drug-likeness (QED) is 0.763. The van der Waals surface area contributed by atoms with Crippen molar-refractivity contribution in [1.29, 1.82) is 0 Å². The van der Waals surface area contributed by atoms with Crippen molar-refractivity contribution in [3.8, 4) is 0 Å². The number of nitrogens with zero attached hydrogens (tertiary/aromatic N) is 1. The number of nitrogens with one attached hydrogen (secondary N) is 1. The highest BCUT2D eigenvalue weighted by atomic mass is 35.5. The van der Waals surface area contributed by atoms with E-state index in [4.69, 9.17) is 23.2 Å². The number of rotatable bonds is 6. The zero-order valence-electron chi connectivity index (χ0n) is 9.52. The van der Waals surface area contributed by atoms with Crippen molar-refractivity contribution >= 4 is 40.8 Å². The molecule has 0 atom stereocenters. The van der Waals surface area contributed by atoms with Crippen molar-refractivity contribution < 1.29 is 0 Å². The first kappa shape index (κ1) is 13.9. The minimum Gasteiger partial charge on any atom is -0.369 e. The highest BCUT2D eigenvalue weighted by molar-refractivity contribution is 7.99. The van der Waals surface area contributed by atoms with Crippen LogP contribution in [0.3, 0.4) is 0 Å². The van der Waals surface area contributed by atoms with Gasteiger partial charge in [0.25, 0.3) is 0 Å². The maximum absolute atomic E-state index is 6.08. The molecule has 0 aliphatic heterocycles. The molecule has 1 rings (SSSR count). The lowest BCUT2D eigenvalue weighted by Gasteiger charge is -2.09. The Morgan fingerprint density at radius 1 is 1.25 bits per heavy atom. The van der Waals surface area contributed by atoms with Gasteiger partial charge in [0.15, 0.2) is 0 Å². The van der Waals surface area contributed by atoms with E-state index in [1.165, 1.54) is 0 Å². The zero-order valence-corrected chi connectivity index (χ0v) is 11.8. The van der Waals surface area contributed by atoms with Gasteiger partial charge in [-0.05, 0) is 24.7 Å². The Bertz CT molecular complexity index is 316. The third-order valence-corrected chi connectivity index (χ3v) is 3.77. The van der Waals surface area contributed by atoms with Crippen LogP contribution in [0.1, 0.15) is 26.7 Å². The minimum absolute atomic E-state index is 0.583. The average Bonchev–Trinajstić information content (AvgIpc) is 2.26. The fourth-order valence-electron chi connectivity index (χ4n) is 1.12. The standard InChI is InChI=1S/C11H16Cl2N2S/c1-3-5-14-10-8(12)7-9(13)11(15-10)16-6-4-2/h7H,3-6H2,1-2H3,(H,14,15). The number of hydrogen-bond acceptors (Lipinski definition) is 3. The van der Waals surface area contributed by atoms with Gasteiger partial charge in [0.2, 0.25) is 0 Å². The van der Waals surface area contributed by atoms with Crippen molar-refractivity contribution in [3.63, 3.8) is 0 Å². The Morgan fingerprint density at radius 3 is 2.62 bits per heavy atom. The molecular weight excluding hydrogens is 263 g/mol. The molecule has 5 heteroatoms. The Labute approximate surface area is 111 Å². The lowest BCUT2D eigenvalue weighted by molar-refractivity contribution is 0.959. The van der Waals surface area contributed by atoms with Gasteiger partial charge in [-0.3, -0.25) is 0 Å². The van der Waals surface area contributed by atoms with E-state index in [0.717, 1.165) is 36.0 Å². The van der Waals surface area contributed by atoms with Gasteiger partial charge in [0.1, 0.15) is 10.8 Å². The van der Waals surface area contributed by atoms with Gasteiger partial charge in [0.05, 0.1) is 10.0 Å². The summed E-state index contributed by atoms with van der Waals surface area (Å²) in [5.74, 6) is 1.74. The predicted octanol–water partition coefficient (Wildman–Crippen LogP) is 4.71. The summed E-state index contributed by atoms with van der Waals surface area (Å²) in [5, 5.41) is 5.26. The number of aromatic nitrogens is 1. The molecule has 0 saturated heterocycles. The van der Waals surface area contributed by atoms with E-state index in [1.54, 1.807) is 17.8 Å². The largest absolute Gasteiger partial charge is 0.369 e. The van der Waals surface area contributed by atoms with Crippen LogP contribution in [0.25, 0.3) is 0 Å². The number of hydrogen-bond donors (Lipinski definition) is 1. The first-order chi connectivity index (χ1) is 7.69. The summed E-state index contributed by atoms with van der Waals surface area (Å²) in [6.07, 6.45) is 2.14. The summed E-state index contributed by atoms with van der Waals surface area (Å²) < 4.78 is 0. The average molecular weight is 279 g/mol. The van der Waals surface area contributed by atoms with Crippen molar-refractivity contribution in [2.45, 2.75) is 31.7 Å². The van der Waals surface area contributed by atoms with E-state index in [-0.39, 0.29) is 0 Å². The molecule has 1 heterocycles. The van der Waals surface area contributed by atoms with E-state index in [0.29, 0.717) is 10.0 Å². The summed E-state index contributed by atoms with van der Waals surface area (Å²) >= 11 is 13.8. The lowest BCUT2D eigenvalue weighted by Crippen LogP contribution is -2.03. The van der Waals surface area contributed by atoms with Crippen LogP contribution in [0, 0.1) is 0 Å². The predicted molar refractivity (Wildman–Crippen MR) is 74.1 cm³/mol. The molecule has 1 N–H and O–H groups in total. The molecule has 0 radical (unpaired) electrons. The third kappa shape index (κ3) is 4.04. The minimum atomic E-state index is 0.583.